The van der Waals surface area contributed by atoms with Gasteiger partial charge in [-0.25, -0.2) is 9.50 Å². The molecule has 25 heavy (non-hydrogen) atoms. The number of aryl methyl sites for hydroxylation is 1. The van der Waals surface area contributed by atoms with Crippen molar-refractivity contribution in [3.05, 3.63) is 54.2 Å². The molecule has 0 saturated heterocycles. The minimum Gasteiger partial charge on any atom is -0.294 e. The second-order valence-corrected chi connectivity index (χ2v) is 6.94. The number of rotatable bonds is 3. The van der Waals surface area contributed by atoms with Crippen molar-refractivity contribution in [3.63, 3.8) is 0 Å². The lowest BCUT2D eigenvalue weighted by molar-refractivity contribution is 0.483. The Morgan fingerprint density at radius 3 is 2.52 bits per heavy atom. The van der Waals surface area contributed by atoms with Gasteiger partial charge in [0, 0.05) is 0 Å². The van der Waals surface area contributed by atoms with Gasteiger partial charge in [-0.2, -0.15) is 13.5 Å². The Hall–Kier alpha value is -3.04. The monoisotopic (exact) mass is 355 g/mol. The highest BCUT2D eigenvalue weighted by Crippen LogP contribution is 2.29. The molecule has 0 fully saturated rings. The van der Waals surface area contributed by atoms with E-state index in [-0.39, 0.29) is 4.90 Å². The zero-order valence-electron chi connectivity index (χ0n) is 13.1. The molecule has 0 spiro atoms. The van der Waals surface area contributed by atoms with Gasteiger partial charge in [0.05, 0.1) is 27.3 Å². The highest BCUT2D eigenvalue weighted by Gasteiger charge is 2.13. The highest BCUT2D eigenvalue weighted by molar-refractivity contribution is 7.85. The van der Waals surface area contributed by atoms with E-state index in [1.54, 1.807) is 0 Å². The molecule has 2 aromatic carbocycles. The van der Waals surface area contributed by atoms with Crippen LogP contribution in [0.4, 0.5) is 11.4 Å². The van der Waals surface area contributed by atoms with Gasteiger partial charge in [0.25, 0.3) is 10.1 Å². The fourth-order valence-electron chi connectivity index (χ4n) is 2.60. The number of H-pyrrole nitrogens is 1. The predicted molar refractivity (Wildman–Crippen MR) is 92.2 cm³/mol. The lowest BCUT2D eigenvalue weighted by Crippen LogP contribution is -1.96. The maximum atomic E-state index is 11.1. The molecule has 0 aliphatic rings. The van der Waals surface area contributed by atoms with E-state index in [1.165, 1.54) is 24.3 Å². The first-order chi connectivity index (χ1) is 11.9. The summed E-state index contributed by atoms with van der Waals surface area (Å²) in [7, 11) is -4.22. The highest BCUT2D eigenvalue weighted by atomic mass is 32.2. The van der Waals surface area contributed by atoms with Crippen LogP contribution in [0.5, 0.6) is 0 Å². The second kappa shape index (κ2) is 5.50. The number of fused-ring (bicyclic) bond motifs is 3. The molecule has 0 atom stereocenters. The molecule has 0 aliphatic heterocycles. The molecule has 4 aromatic rings. The fourth-order valence-corrected chi connectivity index (χ4v) is 3.08. The Kier molecular flexibility index (Phi) is 3.41. The summed E-state index contributed by atoms with van der Waals surface area (Å²) in [4.78, 5) is 4.37. The quantitative estimate of drug-likeness (QED) is 0.430. The number of hydrogen-bond donors (Lipinski definition) is 2. The van der Waals surface area contributed by atoms with Gasteiger partial charge in [-0.3, -0.25) is 9.65 Å². The molecule has 126 valence electrons. The van der Waals surface area contributed by atoms with E-state index in [4.69, 9.17) is 4.55 Å². The van der Waals surface area contributed by atoms with Crippen molar-refractivity contribution in [2.45, 2.75) is 11.8 Å². The van der Waals surface area contributed by atoms with Crippen LogP contribution in [0.25, 0.3) is 16.7 Å². The number of azo groups is 1. The number of aromatic nitrogens is 3. The molecule has 0 aliphatic carbocycles. The third kappa shape index (κ3) is 2.69. The number of imidazole rings is 1. The van der Waals surface area contributed by atoms with Crippen LogP contribution >= 0.6 is 0 Å². The molecule has 0 radical (unpaired) electrons. The standard InChI is InChI=1S/C16H13N5O3S/c1-10-15(16-17-13-4-2-3-5-14(13)21(16)20-10)19-18-11-6-8-12(9-7-11)25(22,23)24/h2-9,20H,1H3,(H,22,23,24). The van der Waals surface area contributed by atoms with Crippen molar-refractivity contribution in [1.29, 1.82) is 0 Å². The van der Waals surface area contributed by atoms with Crippen molar-refractivity contribution in [1.82, 2.24) is 14.6 Å². The van der Waals surface area contributed by atoms with Crippen LogP contribution < -0.4 is 0 Å². The predicted octanol–water partition coefficient (Wildman–Crippen LogP) is 3.79. The summed E-state index contributed by atoms with van der Waals surface area (Å²) in [5.74, 6) is 0. The van der Waals surface area contributed by atoms with Crippen LogP contribution in [0.2, 0.25) is 0 Å². The summed E-state index contributed by atoms with van der Waals surface area (Å²) in [6, 6.07) is 13.2. The minimum atomic E-state index is -4.22. The first-order valence-corrected chi connectivity index (χ1v) is 8.82. The van der Waals surface area contributed by atoms with E-state index in [1.807, 2.05) is 35.7 Å². The lowest BCUT2D eigenvalue weighted by Gasteiger charge is -1.96. The molecular weight excluding hydrogens is 342 g/mol. The van der Waals surface area contributed by atoms with Gasteiger partial charge in [0.2, 0.25) is 0 Å². The van der Waals surface area contributed by atoms with Gasteiger partial charge in [-0.15, -0.1) is 5.11 Å². The van der Waals surface area contributed by atoms with Gasteiger partial charge < -0.3 is 0 Å². The van der Waals surface area contributed by atoms with E-state index < -0.39 is 10.1 Å². The number of hydrogen-bond acceptors (Lipinski definition) is 5. The van der Waals surface area contributed by atoms with Crippen molar-refractivity contribution in [3.8, 4) is 0 Å². The van der Waals surface area contributed by atoms with Crippen LogP contribution in [0.15, 0.2) is 63.7 Å². The van der Waals surface area contributed by atoms with E-state index in [0.29, 0.717) is 17.0 Å². The summed E-state index contributed by atoms with van der Waals surface area (Å²) < 4.78 is 32.9. The normalized spacial score (nSPS) is 12.6. The Balaban J connectivity index is 1.75. The Morgan fingerprint density at radius 2 is 1.80 bits per heavy atom. The Labute approximate surface area is 142 Å². The van der Waals surface area contributed by atoms with Gasteiger partial charge in [-0.1, -0.05) is 12.1 Å². The van der Waals surface area contributed by atoms with Crippen molar-refractivity contribution < 1.29 is 13.0 Å². The van der Waals surface area contributed by atoms with Crippen molar-refractivity contribution in [2.75, 3.05) is 0 Å². The Bertz CT molecular complexity index is 1220. The lowest BCUT2D eigenvalue weighted by atomic mass is 10.3. The number of benzene rings is 2. The molecule has 2 N–H and O–H groups in total. The molecule has 2 heterocycles. The summed E-state index contributed by atoms with van der Waals surface area (Å²) in [5.41, 5.74) is 4.34. The van der Waals surface area contributed by atoms with Crippen molar-refractivity contribution >= 4 is 38.2 Å². The third-order valence-electron chi connectivity index (χ3n) is 3.81. The average Bonchev–Trinajstić information content (AvgIpc) is 3.08. The van der Waals surface area contributed by atoms with Crippen LogP contribution in [0.1, 0.15) is 5.69 Å². The Morgan fingerprint density at radius 1 is 1.08 bits per heavy atom. The summed E-state index contributed by atoms with van der Waals surface area (Å²) >= 11 is 0. The van der Waals surface area contributed by atoms with Gasteiger partial charge in [-0.05, 0) is 43.3 Å². The molecule has 4 rings (SSSR count). The maximum absolute atomic E-state index is 11.1. The first kappa shape index (κ1) is 15.5. The number of nitrogens with zero attached hydrogens (tertiary/aromatic N) is 4. The average molecular weight is 355 g/mol. The number of nitrogens with one attached hydrogen (secondary N) is 1. The molecule has 0 unspecified atom stereocenters. The van der Waals surface area contributed by atoms with Crippen molar-refractivity contribution in [2.24, 2.45) is 10.2 Å². The topological polar surface area (TPSA) is 112 Å². The summed E-state index contributed by atoms with van der Waals surface area (Å²) in [6.07, 6.45) is 0. The maximum Gasteiger partial charge on any atom is 0.294 e. The molecule has 0 bridgehead atoms. The molecule has 8 nitrogen and oxygen atoms in total. The largest absolute Gasteiger partial charge is 0.294 e. The van der Waals surface area contributed by atoms with Gasteiger partial charge in [0.15, 0.2) is 11.3 Å². The fraction of sp³-hybridized carbons (Fsp3) is 0.0625. The van der Waals surface area contributed by atoms with E-state index >= 15 is 0 Å². The summed E-state index contributed by atoms with van der Waals surface area (Å²) in [6.45, 7) is 1.87. The number of aromatic amines is 1. The first-order valence-electron chi connectivity index (χ1n) is 7.38. The van der Waals surface area contributed by atoms with E-state index in [2.05, 4.69) is 20.3 Å². The van der Waals surface area contributed by atoms with Crippen LogP contribution in [0, 0.1) is 6.92 Å². The van der Waals surface area contributed by atoms with E-state index in [0.717, 1.165) is 16.7 Å². The number of para-hydroxylation sites is 2. The second-order valence-electron chi connectivity index (χ2n) is 5.51. The third-order valence-corrected chi connectivity index (χ3v) is 4.68. The molecular formula is C16H13N5O3S. The van der Waals surface area contributed by atoms with E-state index in [9.17, 15) is 8.42 Å². The SMILES string of the molecule is Cc1[nH]n2c(nc3ccccc32)c1N=Nc1ccc(S(=O)(=O)O)cc1. The summed E-state index contributed by atoms with van der Waals surface area (Å²) in [5, 5.41) is 11.6. The van der Waals surface area contributed by atoms with Crippen LogP contribution in [0.3, 0.4) is 0 Å². The smallest absolute Gasteiger partial charge is 0.294 e. The molecule has 0 saturated carbocycles. The van der Waals surface area contributed by atoms with Gasteiger partial charge in [0.1, 0.15) is 0 Å². The minimum absolute atomic E-state index is 0.189. The molecule has 0 amide bonds. The van der Waals surface area contributed by atoms with Gasteiger partial charge >= 0.3 is 0 Å². The molecule has 9 heteroatoms. The van der Waals surface area contributed by atoms with Crippen LogP contribution in [-0.4, -0.2) is 27.6 Å². The van der Waals surface area contributed by atoms with Crippen LogP contribution in [-0.2, 0) is 10.1 Å². The zero-order chi connectivity index (χ0) is 17.6. The zero-order valence-corrected chi connectivity index (χ0v) is 13.9. The molecule has 2 aromatic heterocycles.